The molecule has 3 fully saturated rings. The Morgan fingerprint density at radius 1 is 0.359 bits per heavy atom. The van der Waals surface area contributed by atoms with Crippen molar-refractivity contribution < 1.29 is 68.1 Å². The van der Waals surface area contributed by atoms with Gasteiger partial charge >= 0.3 is 41.2 Å². The van der Waals surface area contributed by atoms with Gasteiger partial charge in [-0.2, -0.15) is 0 Å². The molecule has 10 nitrogen and oxygen atoms in total. The Bertz CT molecular complexity index is 2780. The number of hydrogen-bond acceptors (Lipinski definition) is 10. The molecule has 3 aliphatic heterocycles. The number of rotatable bonds is 6. The fraction of sp³-hybridized carbons (Fsp3) is 0.290. The van der Waals surface area contributed by atoms with Gasteiger partial charge in [0.2, 0.25) is 0 Å². The molecule has 1 radical (unpaired) electrons. The van der Waals surface area contributed by atoms with E-state index in [1.54, 1.807) is 18.6 Å². The molecule has 405 valence electrons. The first-order chi connectivity index (χ1) is 36.1. The summed E-state index contributed by atoms with van der Waals surface area (Å²) in [6.45, 7) is 24.4. The minimum Gasteiger partial charge on any atom is -0.405 e. The van der Waals surface area contributed by atoms with E-state index in [9.17, 15) is 0 Å². The van der Waals surface area contributed by atoms with Crippen LogP contribution in [0.5, 0.6) is 0 Å². The van der Waals surface area contributed by atoms with E-state index in [1.165, 1.54) is 0 Å². The van der Waals surface area contributed by atoms with Crippen molar-refractivity contribution in [2.45, 2.75) is 117 Å². The molecule has 78 heavy (non-hydrogen) atoms. The third-order valence-electron chi connectivity index (χ3n) is 14.1. The van der Waals surface area contributed by atoms with E-state index in [1.807, 2.05) is 247 Å². The molecule has 0 spiro atoms. The Morgan fingerprint density at radius 3 is 0.936 bits per heavy atom. The SMILES string of the molecule is Brc1ccc(-c2[c-]cccc2)nc1.CC1(C)OB(B2OC(C)(C)C(C)(C)O2)OC1(C)C.CC1(C)OB(c2ccc(-c3[c-]cccc3)nc2)OC1(C)C.[Ir+3].[Ir].[c-]1ccccc1-c1ccccn1.[c-]1ccccc1-c1ccccn1. The van der Waals surface area contributed by atoms with Gasteiger partial charge in [0, 0.05) is 49.4 Å². The summed E-state index contributed by atoms with van der Waals surface area (Å²) in [4.78, 5) is 17.2. The monoisotopic (exact) mass is 1460 g/mol. The van der Waals surface area contributed by atoms with Gasteiger partial charge in [-0.25, -0.2) is 0 Å². The van der Waals surface area contributed by atoms with Crippen molar-refractivity contribution in [2.75, 3.05) is 0 Å². The van der Waals surface area contributed by atoms with Crippen molar-refractivity contribution in [1.82, 2.24) is 19.9 Å². The molecule has 0 bridgehead atoms. The van der Waals surface area contributed by atoms with Crippen LogP contribution in [0.1, 0.15) is 83.1 Å². The Kier molecular flexibility index (Phi) is 23.0. The molecule has 4 aromatic heterocycles. The van der Waals surface area contributed by atoms with E-state index in [0.29, 0.717) is 0 Å². The fourth-order valence-electron chi connectivity index (χ4n) is 7.47. The van der Waals surface area contributed by atoms with Crippen LogP contribution in [0.4, 0.5) is 0 Å². The largest absolute Gasteiger partial charge is 3.00 e. The van der Waals surface area contributed by atoms with Gasteiger partial charge in [0.15, 0.2) is 0 Å². The Morgan fingerprint density at radius 2 is 0.667 bits per heavy atom. The number of benzene rings is 4. The van der Waals surface area contributed by atoms with Crippen LogP contribution in [0.2, 0.25) is 0 Å². The molecule has 0 N–H and O–H groups in total. The number of hydrogen-bond donors (Lipinski definition) is 0. The Hall–Kier alpha value is -4.79. The van der Waals surface area contributed by atoms with Gasteiger partial charge in [0.05, 0.1) is 33.6 Å². The van der Waals surface area contributed by atoms with Gasteiger partial charge in [-0.3, -0.25) is 0 Å². The smallest absolute Gasteiger partial charge is 0.405 e. The number of pyridine rings is 4. The van der Waals surface area contributed by atoms with Gasteiger partial charge in [0.1, 0.15) is 0 Å². The predicted octanol–water partition coefficient (Wildman–Crippen LogP) is 13.5. The quantitative estimate of drug-likeness (QED) is 0.118. The molecule has 4 aromatic carbocycles. The Balaban J connectivity index is 0.000000182. The summed E-state index contributed by atoms with van der Waals surface area (Å²) < 4.78 is 36.9. The fourth-order valence-corrected chi connectivity index (χ4v) is 7.71. The second kappa shape index (κ2) is 28.1. The zero-order valence-corrected chi connectivity index (χ0v) is 52.7. The average molecular weight is 1460 g/mol. The molecular formula is C62H66B3BrIr2N4O6-. The molecule has 0 atom stereocenters. The summed E-state index contributed by atoms with van der Waals surface area (Å²) in [6.07, 6.45) is 7.18. The standard InChI is InChI=1S/C17H19BNO2.C12H24B2O4.C11H7BrN.2C11H8N.2Ir/c1-16(2)17(3,4)21-18(20-16)14-10-11-15(19-12-14)13-8-6-5-7-9-13;1-9(2)10(3,4)16-13(15-9)14-17-11(5,6)12(7,8)18-14;12-10-6-7-11(13-8-10)9-4-2-1-3-5-9;2*1-2-6-10(7-3-1)11-8-4-5-9-12-11;;/h5-8,10-12H,1-4H3;1-8H3;1-4,6-8H;2*1-6,8-9H;;/q-1;;3*-1;;+3. The van der Waals surface area contributed by atoms with Crippen molar-refractivity contribution in [2.24, 2.45) is 0 Å². The van der Waals surface area contributed by atoms with Gasteiger partial charge in [-0.05, 0) is 139 Å². The first-order valence-electron chi connectivity index (χ1n) is 25.4. The summed E-state index contributed by atoms with van der Waals surface area (Å²) >= 11 is 3.35. The summed E-state index contributed by atoms with van der Waals surface area (Å²) in [5.74, 6) is 0. The van der Waals surface area contributed by atoms with Crippen LogP contribution in [0.15, 0.2) is 187 Å². The molecule has 0 amide bonds. The normalized spacial score (nSPS) is 17.3. The van der Waals surface area contributed by atoms with Crippen LogP contribution in [0.3, 0.4) is 0 Å². The van der Waals surface area contributed by atoms with Gasteiger partial charge in [-0.15, -0.1) is 144 Å². The molecule has 0 saturated carbocycles. The zero-order chi connectivity index (χ0) is 54.6. The summed E-state index contributed by atoms with van der Waals surface area (Å²) in [5.41, 5.74) is 6.71. The van der Waals surface area contributed by atoms with Crippen LogP contribution >= 0.6 is 15.9 Å². The zero-order valence-electron chi connectivity index (χ0n) is 46.3. The second-order valence-electron chi connectivity index (χ2n) is 21.2. The van der Waals surface area contributed by atoms with Crippen molar-refractivity contribution in [1.29, 1.82) is 0 Å². The predicted molar refractivity (Wildman–Crippen MR) is 310 cm³/mol. The molecule has 3 aliphatic rings. The Labute approximate surface area is 499 Å². The van der Waals surface area contributed by atoms with Crippen molar-refractivity contribution in [3.8, 4) is 45.0 Å². The number of halogens is 1. The molecular weight excluding hydrogens is 1390 g/mol. The topological polar surface area (TPSA) is 107 Å². The van der Waals surface area contributed by atoms with Crippen LogP contribution in [0, 0.1) is 24.3 Å². The van der Waals surface area contributed by atoms with Crippen LogP contribution in [0.25, 0.3) is 45.0 Å². The van der Waals surface area contributed by atoms with E-state index in [2.05, 4.69) is 60.1 Å². The third kappa shape index (κ3) is 16.9. The van der Waals surface area contributed by atoms with Crippen LogP contribution < -0.4 is 5.46 Å². The van der Waals surface area contributed by atoms with E-state index in [4.69, 9.17) is 27.9 Å². The number of nitrogens with zero attached hydrogens (tertiary/aromatic N) is 4. The molecule has 0 unspecified atom stereocenters. The molecule has 11 rings (SSSR count). The van der Waals surface area contributed by atoms with E-state index in [0.717, 1.165) is 55.0 Å². The van der Waals surface area contributed by atoms with Crippen LogP contribution in [-0.2, 0) is 68.1 Å². The van der Waals surface area contributed by atoms with Gasteiger partial charge in [-0.1, -0.05) is 48.5 Å². The summed E-state index contributed by atoms with van der Waals surface area (Å²) in [7, 11) is -1.32. The molecule has 8 aromatic rings. The maximum absolute atomic E-state index is 6.03. The minimum atomic E-state index is -0.476. The number of aromatic nitrogens is 4. The van der Waals surface area contributed by atoms with Crippen molar-refractivity contribution in [3.63, 3.8) is 0 Å². The first-order valence-corrected chi connectivity index (χ1v) is 26.2. The van der Waals surface area contributed by atoms with E-state index >= 15 is 0 Å². The van der Waals surface area contributed by atoms with Crippen molar-refractivity contribution >= 4 is 42.5 Å². The minimum absolute atomic E-state index is 0. The average Bonchev–Trinajstić information content (AvgIpc) is 3.97. The van der Waals surface area contributed by atoms with Gasteiger partial charge in [0.25, 0.3) is 0 Å². The third-order valence-corrected chi connectivity index (χ3v) is 14.5. The van der Waals surface area contributed by atoms with E-state index in [-0.39, 0.29) is 80.9 Å². The second-order valence-corrected chi connectivity index (χ2v) is 22.1. The maximum atomic E-state index is 6.03. The maximum Gasteiger partial charge on any atom is 3.00 e. The first kappa shape index (κ1) is 64.0. The molecule has 16 heteroatoms. The van der Waals surface area contributed by atoms with E-state index < -0.39 is 14.0 Å². The van der Waals surface area contributed by atoms with Gasteiger partial charge < -0.3 is 47.9 Å². The van der Waals surface area contributed by atoms with Crippen LogP contribution in [-0.4, -0.2) is 74.7 Å². The molecule has 7 heterocycles. The summed E-state index contributed by atoms with van der Waals surface area (Å²) in [5, 5.41) is 0. The molecule has 0 aliphatic carbocycles. The summed E-state index contributed by atoms with van der Waals surface area (Å²) in [6, 6.07) is 63.5. The van der Waals surface area contributed by atoms with Crippen molar-refractivity contribution in [3.05, 3.63) is 211 Å². The molecule has 3 saturated heterocycles.